The van der Waals surface area contributed by atoms with Crippen molar-refractivity contribution in [1.82, 2.24) is 4.90 Å². The molecule has 0 spiro atoms. The standard InChI is InChI=1S/C20H17NO3S/c1-21(2)10-14-17-15(19(23)16-8-5-9-25-16)11-24-20(17)13-7-4-3-6-12(13)18(14)22/h3-9,11,22H,10H2,1-2H3. The molecule has 0 saturated heterocycles. The van der Waals surface area contributed by atoms with E-state index in [1.807, 2.05) is 54.7 Å². The van der Waals surface area contributed by atoms with Crippen LogP contribution >= 0.6 is 11.3 Å². The van der Waals surface area contributed by atoms with Gasteiger partial charge in [0.2, 0.25) is 5.78 Å². The Morgan fingerprint density at radius 1 is 1.16 bits per heavy atom. The van der Waals surface area contributed by atoms with Crippen LogP contribution in [0.4, 0.5) is 0 Å². The molecule has 1 N–H and O–H groups in total. The second-order valence-corrected chi connectivity index (χ2v) is 7.22. The molecule has 0 saturated carbocycles. The van der Waals surface area contributed by atoms with Crippen molar-refractivity contribution in [3.8, 4) is 5.75 Å². The summed E-state index contributed by atoms with van der Waals surface area (Å²) in [6, 6.07) is 11.2. The number of benzene rings is 2. The topological polar surface area (TPSA) is 53.7 Å². The number of thiophene rings is 1. The molecule has 4 aromatic rings. The molecule has 4 nitrogen and oxygen atoms in total. The fourth-order valence-corrected chi connectivity index (χ4v) is 3.88. The van der Waals surface area contributed by atoms with Gasteiger partial charge >= 0.3 is 0 Å². The second kappa shape index (κ2) is 6.02. The van der Waals surface area contributed by atoms with Gasteiger partial charge in [-0.3, -0.25) is 4.79 Å². The average Bonchev–Trinajstić information content (AvgIpc) is 3.27. The van der Waals surface area contributed by atoms with Crippen molar-refractivity contribution in [2.24, 2.45) is 0 Å². The number of hydrogen-bond donors (Lipinski definition) is 1. The summed E-state index contributed by atoms with van der Waals surface area (Å²) >= 11 is 1.40. The van der Waals surface area contributed by atoms with Gasteiger partial charge in [-0.05, 0) is 25.5 Å². The van der Waals surface area contributed by atoms with E-state index in [4.69, 9.17) is 4.42 Å². The maximum atomic E-state index is 12.9. The zero-order valence-corrected chi connectivity index (χ0v) is 14.8. The van der Waals surface area contributed by atoms with Gasteiger partial charge in [-0.15, -0.1) is 11.3 Å². The quantitative estimate of drug-likeness (QED) is 0.544. The van der Waals surface area contributed by atoms with Crippen molar-refractivity contribution < 1.29 is 14.3 Å². The van der Waals surface area contributed by atoms with Gasteiger partial charge in [0, 0.05) is 28.3 Å². The first kappa shape index (κ1) is 15.9. The molecule has 2 heterocycles. The van der Waals surface area contributed by atoms with E-state index in [-0.39, 0.29) is 11.5 Å². The molecule has 0 fully saturated rings. The lowest BCUT2D eigenvalue weighted by Gasteiger charge is -2.15. The SMILES string of the molecule is CN(C)Cc1c(O)c2ccccc2c2occ(C(=O)c3cccs3)c12. The Morgan fingerprint density at radius 3 is 2.60 bits per heavy atom. The van der Waals surface area contributed by atoms with E-state index in [1.54, 1.807) is 6.07 Å². The number of rotatable bonds is 4. The summed E-state index contributed by atoms with van der Waals surface area (Å²) in [4.78, 5) is 15.5. The van der Waals surface area contributed by atoms with Crippen LogP contribution in [0.2, 0.25) is 0 Å². The van der Waals surface area contributed by atoms with Crippen molar-refractivity contribution in [2.45, 2.75) is 6.54 Å². The summed E-state index contributed by atoms with van der Waals surface area (Å²) in [6.45, 7) is 0.511. The Kier molecular flexibility index (Phi) is 3.82. The van der Waals surface area contributed by atoms with Crippen molar-refractivity contribution in [3.05, 3.63) is 64.0 Å². The first-order valence-corrected chi connectivity index (χ1v) is 8.82. The number of phenols is 1. The molecular weight excluding hydrogens is 334 g/mol. The molecule has 0 aliphatic carbocycles. The third kappa shape index (κ3) is 2.52. The Hall–Kier alpha value is -2.63. The highest BCUT2D eigenvalue weighted by Crippen LogP contribution is 2.41. The van der Waals surface area contributed by atoms with Crippen LogP contribution in [0.3, 0.4) is 0 Å². The van der Waals surface area contributed by atoms with E-state index in [1.165, 1.54) is 17.6 Å². The van der Waals surface area contributed by atoms with E-state index in [9.17, 15) is 9.90 Å². The lowest BCUT2D eigenvalue weighted by atomic mass is 9.96. The Morgan fingerprint density at radius 2 is 1.92 bits per heavy atom. The number of phenolic OH excluding ortho intramolecular Hbond substituents is 1. The largest absolute Gasteiger partial charge is 0.507 e. The van der Waals surface area contributed by atoms with Gasteiger partial charge in [0.15, 0.2) is 0 Å². The molecule has 4 rings (SSSR count). The molecular formula is C20H17NO3S. The molecule has 2 aromatic carbocycles. The van der Waals surface area contributed by atoms with E-state index >= 15 is 0 Å². The maximum Gasteiger partial charge on any atom is 0.206 e. The summed E-state index contributed by atoms with van der Waals surface area (Å²) in [6.07, 6.45) is 1.51. The minimum atomic E-state index is -0.0802. The molecule has 0 amide bonds. The first-order valence-electron chi connectivity index (χ1n) is 7.94. The van der Waals surface area contributed by atoms with Crippen molar-refractivity contribution >= 4 is 38.9 Å². The molecule has 5 heteroatoms. The van der Waals surface area contributed by atoms with Crippen LogP contribution in [0.5, 0.6) is 5.75 Å². The van der Waals surface area contributed by atoms with Crippen molar-refractivity contribution in [1.29, 1.82) is 0 Å². The smallest absolute Gasteiger partial charge is 0.206 e. The molecule has 0 aliphatic heterocycles. The van der Waals surface area contributed by atoms with E-state index in [0.717, 1.165) is 10.8 Å². The number of fused-ring (bicyclic) bond motifs is 3. The fourth-order valence-electron chi connectivity index (χ4n) is 3.20. The maximum absolute atomic E-state index is 12.9. The normalized spacial score (nSPS) is 11.6. The molecule has 2 aromatic heterocycles. The van der Waals surface area contributed by atoms with Crippen LogP contribution in [-0.4, -0.2) is 29.9 Å². The predicted molar refractivity (Wildman–Crippen MR) is 101 cm³/mol. The van der Waals surface area contributed by atoms with Gasteiger partial charge in [-0.1, -0.05) is 30.3 Å². The van der Waals surface area contributed by atoms with E-state index in [0.29, 0.717) is 33.5 Å². The van der Waals surface area contributed by atoms with Crippen molar-refractivity contribution in [2.75, 3.05) is 14.1 Å². The lowest BCUT2D eigenvalue weighted by molar-refractivity contribution is 0.104. The van der Waals surface area contributed by atoms with Crippen LogP contribution in [0.15, 0.2) is 52.5 Å². The van der Waals surface area contributed by atoms with Gasteiger partial charge in [-0.25, -0.2) is 0 Å². The average molecular weight is 351 g/mol. The van der Waals surface area contributed by atoms with Gasteiger partial charge < -0.3 is 14.4 Å². The highest BCUT2D eigenvalue weighted by molar-refractivity contribution is 7.12. The number of aromatic hydroxyl groups is 1. The predicted octanol–water partition coefficient (Wildman–Crippen LogP) is 4.65. The fraction of sp³-hybridized carbons (Fsp3) is 0.150. The Balaban J connectivity index is 2.08. The molecule has 0 aliphatic rings. The van der Waals surface area contributed by atoms with E-state index < -0.39 is 0 Å². The number of nitrogens with zero attached hydrogens (tertiary/aromatic N) is 1. The Bertz CT molecular complexity index is 1080. The van der Waals surface area contributed by atoms with Gasteiger partial charge in [0.1, 0.15) is 17.6 Å². The van der Waals surface area contributed by atoms with Crippen LogP contribution < -0.4 is 0 Å². The molecule has 0 atom stereocenters. The summed E-state index contributed by atoms with van der Waals surface area (Å²) in [7, 11) is 3.86. The van der Waals surface area contributed by atoms with Crippen LogP contribution in [0, 0.1) is 0 Å². The minimum absolute atomic E-state index is 0.0802. The highest BCUT2D eigenvalue weighted by atomic mass is 32.1. The monoisotopic (exact) mass is 351 g/mol. The van der Waals surface area contributed by atoms with Gasteiger partial charge in [-0.2, -0.15) is 0 Å². The molecule has 0 radical (unpaired) electrons. The third-order valence-electron chi connectivity index (χ3n) is 4.27. The number of carbonyl (C=O) groups excluding carboxylic acids is 1. The van der Waals surface area contributed by atoms with Crippen LogP contribution in [-0.2, 0) is 6.54 Å². The Labute approximate surface area is 148 Å². The zero-order valence-electron chi connectivity index (χ0n) is 13.9. The van der Waals surface area contributed by atoms with Gasteiger partial charge in [0.25, 0.3) is 0 Å². The number of hydrogen-bond acceptors (Lipinski definition) is 5. The minimum Gasteiger partial charge on any atom is -0.507 e. The first-order chi connectivity index (χ1) is 12.1. The summed E-state index contributed by atoms with van der Waals surface area (Å²) in [5.41, 5.74) is 1.85. The number of furan rings is 1. The number of carbonyl (C=O) groups is 1. The van der Waals surface area contributed by atoms with Crippen LogP contribution in [0.25, 0.3) is 21.7 Å². The van der Waals surface area contributed by atoms with E-state index in [2.05, 4.69) is 0 Å². The van der Waals surface area contributed by atoms with Gasteiger partial charge in [0.05, 0.1) is 10.4 Å². The molecule has 126 valence electrons. The van der Waals surface area contributed by atoms with Crippen molar-refractivity contribution in [3.63, 3.8) is 0 Å². The highest BCUT2D eigenvalue weighted by Gasteiger charge is 2.24. The third-order valence-corrected chi connectivity index (χ3v) is 5.14. The summed E-state index contributed by atoms with van der Waals surface area (Å²) in [5.74, 6) is 0.127. The molecule has 25 heavy (non-hydrogen) atoms. The summed E-state index contributed by atoms with van der Waals surface area (Å²) < 4.78 is 5.81. The summed E-state index contributed by atoms with van der Waals surface area (Å²) in [5, 5.41) is 15.0. The lowest BCUT2D eigenvalue weighted by Crippen LogP contribution is -2.12. The number of ketones is 1. The second-order valence-electron chi connectivity index (χ2n) is 6.27. The van der Waals surface area contributed by atoms with Crippen LogP contribution in [0.1, 0.15) is 20.8 Å². The zero-order chi connectivity index (χ0) is 17.6. The molecule has 0 unspecified atom stereocenters. The molecule has 0 bridgehead atoms.